The maximum Gasteiger partial charge on any atom is 0.257 e. The number of piperidine rings is 1. The number of aromatic nitrogens is 1. The van der Waals surface area contributed by atoms with Gasteiger partial charge in [0.05, 0.1) is 0 Å². The first-order valence-corrected chi connectivity index (χ1v) is 8.65. The Hall–Kier alpha value is -1.30. The molecule has 1 aromatic heterocycles. The molecule has 1 aliphatic carbocycles. The Balaban J connectivity index is 1.74. The SMILES string of the molecule is CNC(=O)c1c(N)nsc1N1CCC2(CCCCC2)CC1. The van der Waals surface area contributed by atoms with Crippen LogP contribution in [0.25, 0.3) is 0 Å². The van der Waals surface area contributed by atoms with E-state index in [4.69, 9.17) is 5.73 Å². The summed E-state index contributed by atoms with van der Waals surface area (Å²) in [5.74, 6) is 0.224. The van der Waals surface area contributed by atoms with E-state index in [1.807, 2.05) is 0 Å². The third-order valence-electron chi connectivity index (χ3n) is 5.18. The second-order valence-electron chi connectivity index (χ2n) is 6.37. The summed E-state index contributed by atoms with van der Waals surface area (Å²) in [7, 11) is 1.64. The third-order valence-corrected chi connectivity index (χ3v) is 6.10. The van der Waals surface area contributed by atoms with Crippen molar-refractivity contribution in [1.82, 2.24) is 9.69 Å². The Labute approximate surface area is 130 Å². The van der Waals surface area contributed by atoms with Crippen LogP contribution in [0.2, 0.25) is 0 Å². The van der Waals surface area contributed by atoms with E-state index in [1.165, 1.54) is 56.5 Å². The molecule has 2 heterocycles. The van der Waals surface area contributed by atoms with Gasteiger partial charge < -0.3 is 16.0 Å². The molecule has 1 spiro atoms. The third kappa shape index (κ3) is 2.73. The van der Waals surface area contributed by atoms with Gasteiger partial charge in [0.2, 0.25) is 0 Å². The normalized spacial score (nSPS) is 21.5. The van der Waals surface area contributed by atoms with E-state index >= 15 is 0 Å². The minimum Gasteiger partial charge on any atom is -0.382 e. The van der Waals surface area contributed by atoms with Gasteiger partial charge >= 0.3 is 0 Å². The lowest BCUT2D eigenvalue weighted by Gasteiger charge is -2.44. The summed E-state index contributed by atoms with van der Waals surface area (Å²) >= 11 is 1.35. The number of nitrogens with one attached hydrogen (secondary N) is 1. The van der Waals surface area contributed by atoms with Crippen molar-refractivity contribution in [2.75, 3.05) is 30.8 Å². The van der Waals surface area contributed by atoms with Crippen LogP contribution in [0.1, 0.15) is 55.3 Å². The van der Waals surface area contributed by atoms with E-state index in [9.17, 15) is 4.79 Å². The summed E-state index contributed by atoms with van der Waals surface area (Å²) in [4.78, 5) is 14.3. The fourth-order valence-corrected chi connectivity index (χ4v) is 4.70. The molecular formula is C15H24N4OS. The lowest BCUT2D eigenvalue weighted by Crippen LogP contribution is -2.41. The molecule has 116 valence electrons. The zero-order valence-corrected chi connectivity index (χ0v) is 13.5. The van der Waals surface area contributed by atoms with Crippen molar-refractivity contribution < 1.29 is 4.79 Å². The van der Waals surface area contributed by atoms with E-state index in [2.05, 4.69) is 14.6 Å². The zero-order valence-electron chi connectivity index (χ0n) is 12.7. The lowest BCUT2D eigenvalue weighted by atomic mass is 9.68. The predicted octanol–water partition coefficient (Wildman–Crippen LogP) is 2.64. The highest BCUT2D eigenvalue weighted by Gasteiger charge is 2.37. The molecule has 0 bridgehead atoms. The monoisotopic (exact) mass is 308 g/mol. The molecule has 0 unspecified atom stereocenters. The summed E-state index contributed by atoms with van der Waals surface area (Å²) in [6.07, 6.45) is 9.41. The van der Waals surface area contributed by atoms with Crippen LogP contribution >= 0.6 is 11.5 Å². The van der Waals surface area contributed by atoms with Gasteiger partial charge in [0.25, 0.3) is 5.91 Å². The van der Waals surface area contributed by atoms with Crippen molar-refractivity contribution in [3.63, 3.8) is 0 Å². The number of hydrogen-bond donors (Lipinski definition) is 2. The molecule has 1 saturated carbocycles. The Morgan fingerprint density at radius 2 is 1.90 bits per heavy atom. The molecule has 1 aromatic rings. The van der Waals surface area contributed by atoms with Gasteiger partial charge in [-0.1, -0.05) is 19.3 Å². The van der Waals surface area contributed by atoms with Crippen molar-refractivity contribution in [1.29, 1.82) is 0 Å². The summed E-state index contributed by atoms with van der Waals surface area (Å²) < 4.78 is 4.18. The van der Waals surface area contributed by atoms with Gasteiger partial charge in [-0.25, -0.2) is 0 Å². The van der Waals surface area contributed by atoms with Gasteiger partial charge in [0, 0.05) is 20.1 Å². The Morgan fingerprint density at radius 1 is 1.24 bits per heavy atom. The van der Waals surface area contributed by atoms with Crippen molar-refractivity contribution in [3.8, 4) is 0 Å². The molecule has 0 aromatic carbocycles. The number of amides is 1. The highest BCUT2D eigenvalue weighted by atomic mass is 32.1. The van der Waals surface area contributed by atoms with Crippen LogP contribution in [-0.4, -0.2) is 30.4 Å². The molecule has 1 aliphatic heterocycles. The second-order valence-corrected chi connectivity index (χ2v) is 7.13. The van der Waals surface area contributed by atoms with Crippen LogP contribution in [-0.2, 0) is 0 Å². The number of nitrogens with zero attached hydrogens (tertiary/aromatic N) is 2. The van der Waals surface area contributed by atoms with Crippen LogP contribution in [0.15, 0.2) is 0 Å². The van der Waals surface area contributed by atoms with Gasteiger partial charge in [0.15, 0.2) is 5.82 Å². The molecule has 0 atom stereocenters. The van der Waals surface area contributed by atoms with Crippen molar-refractivity contribution in [3.05, 3.63) is 5.56 Å². The quantitative estimate of drug-likeness (QED) is 0.881. The van der Waals surface area contributed by atoms with Crippen LogP contribution < -0.4 is 16.0 Å². The predicted molar refractivity (Wildman–Crippen MR) is 86.9 cm³/mol. The number of carbonyl (C=O) groups is 1. The van der Waals surface area contributed by atoms with Crippen molar-refractivity contribution in [2.45, 2.75) is 44.9 Å². The van der Waals surface area contributed by atoms with Gasteiger partial charge in [-0.2, -0.15) is 4.37 Å². The standard InChI is InChI=1S/C15H24N4OS/c1-17-13(20)11-12(16)18-21-14(11)19-9-7-15(8-10-19)5-3-2-4-6-15/h2-10H2,1H3,(H2,16,18)(H,17,20). The molecule has 2 aliphatic rings. The summed E-state index contributed by atoms with van der Waals surface area (Å²) in [5, 5.41) is 3.61. The lowest BCUT2D eigenvalue weighted by molar-refractivity contribution is 0.0964. The Bertz CT molecular complexity index is 512. The maximum absolute atomic E-state index is 12.0. The fraction of sp³-hybridized carbons (Fsp3) is 0.733. The van der Waals surface area contributed by atoms with Crippen molar-refractivity contribution in [2.24, 2.45) is 5.41 Å². The van der Waals surface area contributed by atoms with Gasteiger partial charge in [0.1, 0.15) is 10.6 Å². The average Bonchev–Trinajstić information content (AvgIpc) is 2.90. The molecule has 5 nitrogen and oxygen atoms in total. The fourth-order valence-electron chi connectivity index (χ4n) is 3.83. The molecule has 3 rings (SSSR count). The Kier molecular flexibility index (Phi) is 4.06. The molecule has 1 amide bonds. The molecule has 1 saturated heterocycles. The van der Waals surface area contributed by atoms with E-state index < -0.39 is 0 Å². The van der Waals surface area contributed by atoms with Crippen LogP contribution in [0.4, 0.5) is 10.8 Å². The van der Waals surface area contributed by atoms with E-state index in [-0.39, 0.29) is 5.91 Å². The topological polar surface area (TPSA) is 71.2 Å². The summed E-state index contributed by atoms with van der Waals surface area (Å²) in [6, 6.07) is 0. The summed E-state index contributed by atoms with van der Waals surface area (Å²) in [6.45, 7) is 2.04. The first-order chi connectivity index (χ1) is 10.2. The first kappa shape index (κ1) is 14.6. The van der Waals surface area contributed by atoms with E-state index in [1.54, 1.807) is 7.05 Å². The van der Waals surface area contributed by atoms with Gasteiger partial charge in [-0.3, -0.25) is 4.79 Å². The highest BCUT2D eigenvalue weighted by molar-refractivity contribution is 7.11. The van der Waals surface area contributed by atoms with Gasteiger partial charge in [-0.15, -0.1) is 0 Å². The van der Waals surface area contributed by atoms with Crippen LogP contribution in [0, 0.1) is 5.41 Å². The Morgan fingerprint density at radius 3 is 2.52 bits per heavy atom. The molecule has 6 heteroatoms. The van der Waals surface area contributed by atoms with E-state index in [0.29, 0.717) is 16.8 Å². The number of hydrogen-bond acceptors (Lipinski definition) is 5. The summed E-state index contributed by atoms with van der Waals surface area (Å²) in [5.41, 5.74) is 7.00. The van der Waals surface area contributed by atoms with E-state index in [0.717, 1.165) is 18.1 Å². The molecule has 0 radical (unpaired) electrons. The minimum atomic E-state index is -0.130. The maximum atomic E-state index is 12.0. The number of nitrogens with two attached hydrogens (primary N) is 1. The smallest absolute Gasteiger partial charge is 0.257 e. The molecule has 3 N–H and O–H groups in total. The van der Waals surface area contributed by atoms with Gasteiger partial charge in [-0.05, 0) is 42.6 Å². The zero-order chi connectivity index (χ0) is 14.9. The van der Waals surface area contributed by atoms with Crippen LogP contribution in [0.5, 0.6) is 0 Å². The number of rotatable bonds is 2. The molecule has 2 fully saturated rings. The molecule has 21 heavy (non-hydrogen) atoms. The second kappa shape index (κ2) is 5.83. The number of anilines is 2. The highest BCUT2D eigenvalue weighted by Crippen LogP contribution is 2.46. The number of nitrogen functional groups attached to an aromatic ring is 1. The largest absolute Gasteiger partial charge is 0.382 e. The van der Waals surface area contributed by atoms with Crippen molar-refractivity contribution >= 4 is 28.3 Å². The number of carbonyl (C=O) groups excluding carboxylic acids is 1. The van der Waals surface area contributed by atoms with Crippen LogP contribution in [0.3, 0.4) is 0 Å². The average molecular weight is 308 g/mol. The minimum absolute atomic E-state index is 0.130. The molecular weight excluding hydrogens is 284 g/mol. The first-order valence-electron chi connectivity index (χ1n) is 7.87.